The number of rotatable bonds is 3. The van der Waals surface area contributed by atoms with Crippen molar-refractivity contribution in [2.24, 2.45) is 0 Å². The van der Waals surface area contributed by atoms with Crippen molar-refractivity contribution >= 4 is 21.8 Å². The molecular weight excluding hydrogens is 635 g/mol. The highest BCUT2D eigenvalue weighted by Gasteiger charge is 2.50. The summed E-state index contributed by atoms with van der Waals surface area (Å²) in [6, 6.07) is 67.0. The van der Waals surface area contributed by atoms with E-state index in [1.807, 2.05) is 0 Å². The Morgan fingerprint density at radius 2 is 0.962 bits per heavy atom. The third-order valence-corrected chi connectivity index (χ3v) is 10.9. The smallest absolute Gasteiger partial charge is 0.132 e. The first-order valence-electron chi connectivity index (χ1n) is 17.8. The summed E-state index contributed by atoms with van der Waals surface area (Å²) >= 11 is 0. The molecule has 2 aliphatic rings. The van der Waals surface area contributed by atoms with E-state index in [9.17, 15) is 0 Å². The predicted molar refractivity (Wildman–Crippen MR) is 210 cm³/mol. The van der Waals surface area contributed by atoms with Crippen molar-refractivity contribution in [2.75, 3.05) is 0 Å². The second kappa shape index (κ2) is 11.1. The van der Waals surface area contributed by atoms with E-state index in [1.54, 1.807) is 0 Å². The van der Waals surface area contributed by atoms with E-state index in [1.165, 1.54) is 27.4 Å². The maximum atomic E-state index is 6.82. The van der Waals surface area contributed by atoms with E-state index in [0.29, 0.717) is 0 Å². The molecule has 9 aromatic rings. The van der Waals surface area contributed by atoms with Crippen LogP contribution in [0.25, 0.3) is 49.7 Å². The van der Waals surface area contributed by atoms with Crippen molar-refractivity contribution in [1.82, 2.24) is 4.57 Å². The Hall–Kier alpha value is -6.84. The highest BCUT2D eigenvalue weighted by Crippen LogP contribution is 2.62. The Morgan fingerprint density at radius 1 is 0.365 bits per heavy atom. The van der Waals surface area contributed by atoms with Crippen LogP contribution in [-0.4, -0.2) is 4.57 Å². The van der Waals surface area contributed by atoms with Crippen LogP contribution in [0.5, 0.6) is 23.0 Å². The van der Waals surface area contributed by atoms with Crippen LogP contribution >= 0.6 is 0 Å². The molecular formula is C49H31NO2. The van der Waals surface area contributed by atoms with Gasteiger partial charge in [-0.25, -0.2) is 0 Å². The van der Waals surface area contributed by atoms with Gasteiger partial charge in [0, 0.05) is 38.7 Å². The molecule has 0 saturated heterocycles. The van der Waals surface area contributed by atoms with Crippen molar-refractivity contribution < 1.29 is 9.47 Å². The second-order valence-corrected chi connectivity index (χ2v) is 13.6. The Morgan fingerprint density at radius 3 is 1.75 bits per heavy atom. The Balaban J connectivity index is 1.21. The number of benzene rings is 8. The first kappa shape index (κ1) is 28.9. The van der Waals surface area contributed by atoms with Gasteiger partial charge in [0.15, 0.2) is 0 Å². The molecule has 1 aromatic heterocycles. The Bertz CT molecular complexity index is 2840. The molecule has 0 radical (unpaired) electrons. The molecule has 0 N–H and O–H groups in total. The third-order valence-electron chi connectivity index (χ3n) is 10.9. The van der Waals surface area contributed by atoms with Crippen LogP contribution in [0, 0.1) is 0 Å². The zero-order valence-corrected chi connectivity index (χ0v) is 28.2. The summed E-state index contributed by atoms with van der Waals surface area (Å²) in [7, 11) is 0. The summed E-state index contributed by atoms with van der Waals surface area (Å²) in [4.78, 5) is 0. The monoisotopic (exact) mass is 665 g/mol. The molecule has 11 rings (SSSR count). The highest BCUT2D eigenvalue weighted by atomic mass is 16.5. The minimum atomic E-state index is -0.689. The molecule has 2 aliphatic heterocycles. The molecule has 8 aromatic carbocycles. The normalized spacial score (nSPS) is 15.3. The minimum absolute atomic E-state index is 0.689. The minimum Gasteiger partial charge on any atom is -0.457 e. The van der Waals surface area contributed by atoms with Crippen molar-refractivity contribution in [3.05, 3.63) is 210 Å². The highest BCUT2D eigenvalue weighted by molar-refractivity contribution is 6.15. The summed E-state index contributed by atoms with van der Waals surface area (Å²) in [5.74, 6) is 3.39. The number of ether oxygens (including phenoxy) is 2. The lowest BCUT2D eigenvalue weighted by Crippen LogP contribution is -2.36. The van der Waals surface area contributed by atoms with Gasteiger partial charge in [0.25, 0.3) is 0 Å². The van der Waals surface area contributed by atoms with Crippen molar-refractivity contribution in [2.45, 2.75) is 5.41 Å². The third kappa shape index (κ3) is 4.02. The molecule has 0 saturated carbocycles. The Kier molecular flexibility index (Phi) is 6.17. The number of para-hydroxylation sites is 4. The van der Waals surface area contributed by atoms with Crippen molar-refractivity contribution in [3.8, 4) is 50.9 Å². The molecule has 1 spiro atoms. The standard InChI is InChI=1S/C49H31NO2/c1-3-14-32(15-4-1)33-26-28-40-47(31-33)52-45-25-12-9-21-39(45)49(40)38-20-8-11-24-44(38)51-46-29-27-34(30-41(46)49)36-19-13-23-43-48(36)37-18-7-10-22-42(37)50(43)35-16-5-2-6-17-35/h1-31H. The molecule has 52 heavy (non-hydrogen) atoms. The molecule has 0 amide bonds. The fourth-order valence-corrected chi connectivity index (χ4v) is 8.76. The number of hydrogen-bond donors (Lipinski definition) is 0. The van der Waals surface area contributed by atoms with Crippen LogP contribution < -0.4 is 9.47 Å². The van der Waals surface area contributed by atoms with Gasteiger partial charge >= 0.3 is 0 Å². The van der Waals surface area contributed by atoms with Gasteiger partial charge in [-0.1, -0.05) is 133 Å². The Labute approximate surface area is 301 Å². The molecule has 3 heterocycles. The van der Waals surface area contributed by atoms with E-state index >= 15 is 0 Å². The lowest BCUT2D eigenvalue weighted by atomic mass is 9.62. The number of nitrogens with zero attached hydrogens (tertiary/aromatic N) is 1. The lowest BCUT2D eigenvalue weighted by molar-refractivity contribution is 0.399. The molecule has 3 nitrogen and oxygen atoms in total. The van der Waals surface area contributed by atoms with Gasteiger partial charge in [-0.05, 0) is 76.9 Å². The molecule has 0 aliphatic carbocycles. The average Bonchev–Trinajstić information content (AvgIpc) is 3.56. The van der Waals surface area contributed by atoms with E-state index in [-0.39, 0.29) is 0 Å². The van der Waals surface area contributed by atoms with Crippen molar-refractivity contribution in [3.63, 3.8) is 0 Å². The quantitative estimate of drug-likeness (QED) is 0.187. The molecule has 1 unspecified atom stereocenters. The first-order valence-corrected chi connectivity index (χ1v) is 17.8. The van der Waals surface area contributed by atoms with E-state index < -0.39 is 5.41 Å². The van der Waals surface area contributed by atoms with Gasteiger partial charge in [-0.3, -0.25) is 0 Å². The van der Waals surface area contributed by atoms with E-state index in [4.69, 9.17) is 9.47 Å². The maximum absolute atomic E-state index is 6.82. The largest absolute Gasteiger partial charge is 0.457 e. The zero-order valence-electron chi connectivity index (χ0n) is 28.2. The summed E-state index contributed by atoms with van der Waals surface area (Å²) in [6.45, 7) is 0. The van der Waals surface area contributed by atoms with Crippen LogP contribution in [0.1, 0.15) is 22.3 Å². The van der Waals surface area contributed by atoms with Crippen LogP contribution in [-0.2, 0) is 5.41 Å². The fraction of sp³-hybridized carbons (Fsp3) is 0.0204. The summed E-state index contributed by atoms with van der Waals surface area (Å²) in [5.41, 5.74) is 11.8. The maximum Gasteiger partial charge on any atom is 0.132 e. The molecule has 0 bridgehead atoms. The van der Waals surface area contributed by atoms with Gasteiger partial charge in [-0.15, -0.1) is 0 Å². The van der Waals surface area contributed by atoms with Gasteiger partial charge < -0.3 is 14.0 Å². The van der Waals surface area contributed by atoms with Crippen molar-refractivity contribution in [1.29, 1.82) is 0 Å². The molecule has 3 heteroatoms. The number of fused-ring (bicyclic) bond motifs is 11. The fourth-order valence-electron chi connectivity index (χ4n) is 8.76. The SMILES string of the molecule is c1ccc(-c2ccc3c(c2)Oc2ccccc2C32c3ccccc3Oc3ccc(-c4cccc5c4c4ccccc4n5-c4ccccc4)cc32)cc1. The van der Waals surface area contributed by atoms with E-state index in [0.717, 1.165) is 67.6 Å². The predicted octanol–water partition coefficient (Wildman–Crippen LogP) is 12.7. The molecule has 1 atom stereocenters. The van der Waals surface area contributed by atoms with Crippen LogP contribution in [0.3, 0.4) is 0 Å². The number of hydrogen-bond acceptors (Lipinski definition) is 2. The summed E-state index contributed by atoms with van der Waals surface area (Å²) in [5, 5.41) is 2.45. The lowest BCUT2D eigenvalue weighted by Gasteiger charge is -2.45. The summed E-state index contributed by atoms with van der Waals surface area (Å²) in [6.07, 6.45) is 0. The van der Waals surface area contributed by atoms with Gasteiger partial charge in [0.05, 0.1) is 16.4 Å². The number of aromatic nitrogens is 1. The van der Waals surface area contributed by atoms with Gasteiger partial charge in [0.1, 0.15) is 23.0 Å². The second-order valence-electron chi connectivity index (χ2n) is 13.6. The van der Waals surface area contributed by atoms with Gasteiger partial charge in [-0.2, -0.15) is 0 Å². The molecule has 244 valence electrons. The van der Waals surface area contributed by atoms with Crippen LogP contribution in [0.2, 0.25) is 0 Å². The average molecular weight is 666 g/mol. The summed E-state index contributed by atoms with van der Waals surface area (Å²) < 4.78 is 16.0. The van der Waals surface area contributed by atoms with Crippen LogP contribution in [0.15, 0.2) is 188 Å². The van der Waals surface area contributed by atoms with Gasteiger partial charge in [0.2, 0.25) is 0 Å². The van der Waals surface area contributed by atoms with E-state index in [2.05, 4.69) is 193 Å². The topological polar surface area (TPSA) is 23.4 Å². The molecule has 0 fully saturated rings. The zero-order chi connectivity index (χ0) is 34.2. The first-order chi connectivity index (χ1) is 25.8. The van der Waals surface area contributed by atoms with Crippen LogP contribution in [0.4, 0.5) is 0 Å².